The molecular weight excluding hydrogens is 687 g/mol. The molecule has 7 unspecified atom stereocenters. The molecule has 286 valence electrons. The fourth-order valence-electron chi connectivity index (χ4n) is 11.8. The summed E-state index contributed by atoms with van der Waals surface area (Å²) in [6.45, 7) is 7.24. The van der Waals surface area contributed by atoms with Crippen LogP contribution < -0.4 is 4.90 Å². The lowest BCUT2D eigenvalue weighted by Crippen LogP contribution is -2.51. The highest BCUT2D eigenvalue weighted by atomic mass is 15.1. The third-order valence-electron chi connectivity index (χ3n) is 14.8. The second-order valence-corrected chi connectivity index (χ2v) is 18.1. The quantitative estimate of drug-likeness (QED) is 0.182. The number of anilines is 2. The molecule has 0 fully saturated rings. The van der Waals surface area contributed by atoms with E-state index in [1.165, 1.54) is 52.2 Å². The van der Waals surface area contributed by atoms with Gasteiger partial charge in [0.25, 0.3) is 0 Å². The largest absolute Gasteiger partial charge is 0.311 e. The van der Waals surface area contributed by atoms with Gasteiger partial charge in [0.05, 0.1) is 0 Å². The molecule has 0 amide bonds. The molecule has 0 N–H and O–H groups in total. The summed E-state index contributed by atoms with van der Waals surface area (Å²) in [6.07, 6.45) is 32.5. The van der Waals surface area contributed by atoms with Gasteiger partial charge in [0, 0.05) is 28.4 Å². The third-order valence-corrected chi connectivity index (χ3v) is 14.8. The lowest BCUT2D eigenvalue weighted by Gasteiger charge is -2.57. The zero-order valence-electron chi connectivity index (χ0n) is 34.0. The van der Waals surface area contributed by atoms with Crippen LogP contribution in [0.3, 0.4) is 0 Å². The first kappa shape index (κ1) is 36.2. The van der Waals surface area contributed by atoms with Crippen molar-refractivity contribution in [1.29, 1.82) is 0 Å². The van der Waals surface area contributed by atoms with Crippen LogP contribution in [0.5, 0.6) is 0 Å². The summed E-state index contributed by atoms with van der Waals surface area (Å²) in [4.78, 5) is 2.44. The molecule has 1 heteroatoms. The van der Waals surface area contributed by atoms with Gasteiger partial charge in [-0.3, -0.25) is 0 Å². The van der Waals surface area contributed by atoms with Gasteiger partial charge in [-0.1, -0.05) is 160 Å². The molecule has 8 atom stereocenters. The van der Waals surface area contributed by atoms with E-state index >= 15 is 0 Å². The lowest BCUT2D eigenvalue weighted by molar-refractivity contribution is 0.170. The number of nitrogens with zero attached hydrogens (tertiary/aromatic N) is 1. The Morgan fingerprint density at radius 1 is 0.719 bits per heavy atom. The van der Waals surface area contributed by atoms with Crippen molar-refractivity contribution in [2.45, 2.75) is 83.0 Å². The molecule has 0 radical (unpaired) electrons. The van der Waals surface area contributed by atoms with Crippen LogP contribution in [0.4, 0.5) is 11.4 Å². The Bertz CT molecular complexity index is 2360. The smallest absolute Gasteiger partial charge is 0.0461 e. The minimum Gasteiger partial charge on any atom is -0.311 e. The molecule has 0 spiro atoms. The zero-order valence-corrected chi connectivity index (χ0v) is 34.0. The van der Waals surface area contributed by atoms with Crippen LogP contribution in [0.2, 0.25) is 0 Å². The summed E-state index contributed by atoms with van der Waals surface area (Å²) in [5.41, 5.74) is 15.6. The average molecular weight is 744 g/mol. The molecule has 6 aliphatic rings. The highest BCUT2D eigenvalue weighted by molar-refractivity contribution is 5.74. The first-order valence-corrected chi connectivity index (χ1v) is 22.0. The first-order chi connectivity index (χ1) is 28.0. The van der Waals surface area contributed by atoms with Gasteiger partial charge >= 0.3 is 0 Å². The maximum absolute atomic E-state index is 2.63. The van der Waals surface area contributed by atoms with E-state index in [1.54, 1.807) is 22.3 Å². The minimum atomic E-state index is -0.156. The minimum absolute atomic E-state index is 0.156. The Hall–Kier alpha value is -5.14. The van der Waals surface area contributed by atoms with E-state index in [-0.39, 0.29) is 5.41 Å². The van der Waals surface area contributed by atoms with Gasteiger partial charge in [-0.15, -0.1) is 0 Å². The second-order valence-electron chi connectivity index (χ2n) is 18.1. The number of hydrogen-bond donors (Lipinski definition) is 0. The summed E-state index contributed by atoms with van der Waals surface area (Å²) in [5.74, 6) is 3.98. The van der Waals surface area contributed by atoms with Crippen molar-refractivity contribution in [3.05, 3.63) is 209 Å². The van der Waals surface area contributed by atoms with E-state index in [1.807, 2.05) is 0 Å². The highest BCUT2D eigenvalue weighted by Crippen LogP contribution is 2.64. The average Bonchev–Trinajstić information content (AvgIpc) is 3.26. The molecule has 0 aliphatic heterocycles. The van der Waals surface area contributed by atoms with Crippen molar-refractivity contribution in [3.63, 3.8) is 0 Å². The van der Waals surface area contributed by atoms with E-state index in [4.69, 9.17) is 0 Å². The fourth-order valence-corrected chi connectivity index (χ4v) is 11.8. The van der Waals surface area contributed by atoms with Crippen LogP contribution in [0.1, 0.15) is 105 Å². The molecule has 10 rings (SSSR count). The van der Waals surface area contributed by atoms with Gasteiger partial charge < -0.3 is 4.90 Å². The topological polar surface area (TPSA) is 3.24 Å². The molecule has 1 nitrogen and oxygen atoms in total. The predicted octanol–water partition coefficient (Wildman–Crippen LogP) is 14.7. The van der Waals surface area contributed by atoms with Gasteiger partial charge in [0.1, 0.15) is 0 Å². The maximum Gasteiger partial charge on any atom is 0.0461 e. The second kappa shape index (κ2) is 15.0. The van der Waals surface area contributed by atoms with E-state index in [0.717, 1.165) is 43.9 Å². The molecular formula is C56H57N. The van der Waals surface area contributed by atoms with E-state index < -0.39 is 0 Å². The Labute approximate surface area is 341 Å². The summed E-state index contributed by atoms with van der Waals surface area (Å²) >= 11 is 0. The molecule has 0 aromatic heterocycles. The highest BCUT2D eigenvalue weighted by Gasteiger charge is 2.56. The van der Waals surface area contributed by atoms with Crippen LogP contribution >= 0.6 is 0 Å². The summed E-state index contributed by atoms with van der Waals surface area (Å²) in [6, 6.07) is 39.7. The Morgan fingerprint density at radius 3 is 2.33 bits per heavy atom. The fraction of sp³-hybridized carbons (Fsp3) is 0.321. The van der Waals surface area contributed by atoms with Crippen molar-refractivity contribution >= 4 is 16.9 Å². The third kappa shape index (κ3) is 6.30. The van der Waals surface area contributed by atoms with E-state index in [2.05, 4.69) is 190 Å². The molecule has 0 heterocycles. The molecule has 6 aliphatic carbocycles. The van der Waals surface area contributed by atoms with Crippen molar-refractivity contribution in [2.24, 2.45) is 29.6 Å². The molecule has 4 aromatic carbocycles. The van der Waals surface area contributed by atoms with Gasteiger partial charge in [-0.05, 0) is 150 Å². The first-order valence-electron chi connectivity index (χ1n) is 22.0. The van der Waals surface area contributed by atoms with Crippen molar-refractivity contribution in [2.75, 3.05) is 4.90 Å². The standard InChI is InChI=1S/C56H57N/c1-38-34-45-15-13-22-52-51-21-10-11-23-53(51)56(54(35-38)55(45)52,46-16-6-4-7-17-46)47-18-12-14-43(37-47)41-26-30-49(31-27-41)57(48-19-8-5-9-20-48)50-32-28-42(29-33-50)44-25-24-39(2)40(3)36-44/h4-6,8-16,18-21,23,25-26,28-34,37-41,52,54-55H,7,17,22,24,27,35-36H2,1-3H3/t38?,39?,40?,41?,52-,54?,55?,56?/m1/s1. The van der Waals surface area contributed by atoms with Crippen LogP contribution in [-0.4, -0.2) is 0 Å². The molecule has 0 saturated carbocycles. The van der Waals surface area contributed by atoms with Crippen LogP contribution in [0.25, 0.3) is 5.57 Å². The SMILES string of the molecule is CC1C=C2C=CC[C@@H]3c4ccccc4C(C4=CC=CCC4)(c4cccc(C5C=CC(N(c6ccccc6)c6ccc(C7=CCC(C)C(C)C7)cc6)=CC5)c4)C(C1)C23. The van der Waals surface area contributed by atoms with Crippen LogP contribution in [-0.2, 0) is 5.41 Å². The summed E-state index contributed by atoms with van der Waals surface area (Å²) in [7, 11) is 0. The Morgan fingerprint density at radius 2 is 1.54 bits per heavy atom. The number of rotatable bonds is 7. The number of benzene rings is 4. The van der Waals surface area contributed by atoms with Crippen LogP contribution in [0.15, 0.2) is 181 Å². The number of fused-ring (bicyclic) bond motifs is 2. The van der Waals surface area contributed by atoms with E-state index in [9.17, 15) is 0 Å². The van der Waals surface area contributed by atoms with Gasteiger partial charge in [-0.25, -0.2) is 0 Å². The van der Waals surface area contributed by atoms with Gasteiger partial charge in [-0.2, -0.15) is 0 Å². The van der Waals surface area contributed by atoms with Crippen LogP contribution in [0, 0.1) is 29.6 Å². The monoisotopic (exact) mass is 743 g/mol. The molecule has 4 aromatic rings. The molecule has 0 saturated heterocycles. The molecule has 57 heavy (non-hydrogen) atoms. The zero-order chi connectivity index (χ0) is 38.5. The van der Waals surface area contributed by atoms with Crippen molar-refractivity contribution in [3.8, 4) is 0 Å². The Balaban J connectivity index is 1.01. The number of hydrogen-bond acceptors (Lipinski definition) is 1. The Kier molecular flexibility index (Phi) is 9.52. The summed E-state index contributed by atoms with van der Waals surface area (Å²) < 4.78 is 0. The lowest BCUT2D eigenvalue weighted by atomic mass is 9.45. The van der Waals surface area contributed by atoms with Crippen molar-refractivity contribution in [1.82, 2.24) is 0 Å². The summed E-state index contributed by atoms with van der Waals surface area (Å²) in [5, 5.41) is 0. The maximum atomic E-state index is 2.63. The van der Waals surface area contributed by atoms with Crippen molar-refractivity contribution < 1.29 is 0 Å². The number of allylic oxidation sites excluding steroid dienone is 13. The predicted molar refractivity (Wildman–Crippen MR) is 241 cm³/mol. The molecule has 0 bridgehead atoms. The normalized spacial score (nSPS) is 30.0. The van der Waals surface area contributed by atoms with Gasteiger partial charge in [0.15, 0.2) is 0 Å². The number of para-hydroxylation sites is 1. The van der Waals surface area contributed by atoms with E-state index in [0.29, 0.717) is 29.6 Å². The van der Waals surface area contributed by atoms with Gasteiger partial charge in [0.2, 0.25) is 0 Å².